The van der Waals surface area contributed by atoms with Crippen LogP contribution in [-0.4, -0.2) is 66.8 Å². The molecule has 0 amide bonds. The average Bonchev–Trinajstić information content (AvgIpc) is 3.43. The van der Waals surface area contributed by atoms with Gasteiger partial charge in [-0.2, -0.15) is 4.31 Å². The Morgan fingerprint density at radius 3 is 2.24 bits per heavy atom. The minimum Gasteiger partial charge on any atom is -0.490 e. The van der Waals surface area contributed by atoms with Crippen molar-refractivity contribution < 1.29 is 17.9 Å². The van der Waals surface area contributed by atoms with E-state index < -0.39 is 10.0 Å². The van der Waals surface area contributed by atoms with Crippen LogP contribution in [0.2, 0.25) is 0 Å². The third-order valence-corrected chi connectivity index (χ3v) is 9.37. The fraction of sp³-hybridized carbons (Fsp3) is 0.577. The fourth-order valence-electron chi connectivity index (χ4n) is 5.41. The van der Waals surface area contributed by atoms with Gasteiger partial charge in [0.2, 0.25) is 10.0 Å². The van der Waals surface area contributed by atoms with Crippen molar-refractivity contribution in [3.63, 3.8) is 0 Å². The molecule has 1 aromatic heterocycles. The summed E-state index contributed by atoms with van der Waals surface area (Å²) < 4.78 is 36.1. The number of nitrogens with zero attached hydrogens (tertiary/aromatic N) is 3. The SMILES string of the molecule is Cc1cc(C(=O)CN2CCN(S(=O)(=O)c3ccc(OC4CCCC4)cc3)CC2)c(C)n1C1CC1. The molecule has 2 aliphatic carbocycles. The Kier molecular flexibility index (Phi) is 6.57. The molecule has 8 heteroatoms. The van der Waals surface area contributed by atoms with Gasteiger partial charge < -0.3 is 9.30 Å². The van der Waals surface area contributed by atoms with Gasteiger partial charge in [0.05, 0.1) is 17.5 Å². The van der Waals surface area contributed by atoms with Crippen LogP contribution in [0.15, 0.2) is 35.2 Å². The van der Waals surface area contributed by atoms with E-state index in [0.717, 1.165) is 35.5 Å². The van der Waals surface area contributed by atoms with Crippen molar-refractivity contribution >= 4 is 15.8 Å². The highest BCUT2D eigenvalue weighted by Crippen LogP contribution is 2.38. The summed E-state index contributed by atoms with van der Waals surface area (Å²) in [7, 11) is -3.56. The van der Waals surface area contributed by atoms with Crippen LogP contribution in [0.1, 0.15) is 66.3 Å². The second-order valence-corrected chi connectivity index (χ2v) is 11.9. The molecule has 0 radical (unpaired) electrons. The summed E-state index contributed by atoms with van der Waals surface area (Å²) in [5.74, 6) is 0.851. The van der Waals surface area contributed by atoms with E-state index in [2.05, 4.69) is 16.4 Å². The van der Waals surface area contributed by atoms with Crippen LogP contribution in [-0.2, 0) is 10.0 Å². The van der Waals surface area contributed by atoms with Crippen molar-refractivity contribution in [2.75, 3.05) is 32.7 Å². The van der Waals surface area contributed by atoms with Crippen molar-refractivity contribution in [3.8, 4) is 5.75 Å². The van der Waals surface area contributed by atoms with Crippen LogP contribution < -0.4 is 4.74 Å². The lowest BCUT2D eigenvalue weighted by Gasteiger charge is -2.33. The normalized spacial score (nSPS) is 20.6. The van der Waals surface area contributed by atoms with Crippen molar-refractivity contribution in [1.29, 1.82) is 0 Å². The number of ketones is 1. The molecule has 0 bridgehead atoms. The number of Topliss-reactive ketones (excluding diaryl/α,β-unsaturated/α-hetero) is 1. The zero-order valence-corrected chi connectivity index (χ0v) is 21.0. The molecule has 34 heavy (non-hydrogen) atoms. The van der Waals surface area contributed by atoms with Gasteiger partial charge in [0.15, 0.2) is 5.78 Å². The lowest BCUT2D eigenvalue weighted by Crippen LogP contribution is -2.49. The van der Waals surface area contributed by atoms with E-state index >= 15 is 0 Å². The zero-order valence-electron chi connectivity index (χ0n) is 20.2. The van der Waals surface area contributed by atoms with Gasteiger partial charge in [0, 0.05) is 49.2 Å². The minimum absolute atomic E-state index is 0.120. The Morgan fingerprint density at radius 1 is 0.971 bits per heavy atom. The van der Waals surface area contributed by atoms with Gasteiger partial charge in [-0.3, -0.25) is 9.69 Å². The average molecular weight is 486 g/mol. The van der Waals surface area contributed by atoms with Crippen molar-refractivity contribution in [2.24, 2.45) is 0 Å². The van der Waals surface area contributed by atoms with Crippen LogP contribution in [0, 0.1) is 13.8 Å². The number of carbonyl (C=O) groups excluding carboxylic acids is 1. The summed E-state index contributed by atoms with van der Waals surface area (Å²) in [6, 6.07) is 9.38. The molecule has 0 atom stereocenters. The first-order valence-corrected chi connectivity index (χ1v) is 14.0. The van der Waals surface area contributed by atoms with Crippen LogP contribution >= 0.6 is 0 Å². The van der Waals surface area contributed by atoms with Crippen molar-refractivity contribution in [3.05, 3.63) is 47.3 Å². The second-order valence-electron chi connectivity index (χ2n) is 9.99. The predicted molar refractivity (Wildman–Crippen MR) is 131 cm³/mol. The molecular formula is C26H35N3O4S. The molecule has 7 nitrogen and oxygen atoms in total. The zero-order chi connectivity index (χ0) is 23.9. The predicted octanol–water partition coefficient (Wildman–Crippen LogP) is 3.95. The molecule has 3 aliphatic rings. The maximum absolute atomic E-state index is 13.1. The van der Waals surface area contributed by atoms with E-state index in [0.29, 0.717) is 43.7 Å². The number of hydrogen-bond donors (Lipinski definition) is 0. The molecule has 2 aromatic rings. The van der Waals surface area contributed by atoms with Crippen LogP contribution in [0.5, 0.6) is 5.75 Å². The van der Waals surface area contributed by atoms with Gasteiger partial charge in [-0.15, -0.1) is 0 Å². The molecule has 3 fully saturated rings. The van der Waals surface area contributed by atoms with E-state index in [4.69, 9.17) is 4.74 Å². The number of ether oxygens (including phenoxy) is 1. The van der Waals surface area contributed by atoms with Gasteiger partial charge in [0.25, 0.3) is 0 Å². The van der Waals surface area contributed by atoms with E-state index in [1.807, 2.05) is 13.0 Å². The highest BCUT2D eigenvalue weighted by molar-refractivity contribution is 7.89. The van der Waals surface area contributed by atoms with Crippen molar-refractivity contribution in [2.45, 2.75) is 69.4 Å². The topological polar surface area (TPSA) is 71.8 Å². The highest BCUT2D eigenvalue weighted by atomic mass is 32.2. The summed E-state index contributed by atoms with van der Waals surface area (Å²) in [5, 5.41) is 0. The third-order valence-electron chi connectivity index (χ3n) is 7.46. The summed E-state index contributed by atoms with van der Waals surface area (Å²) in [5.41, 5.74) is 3.02. The molecule has 184 valence electrons. The number of sulfonamides is 1. The van der Waals surface area contributed by atoms with Crippen LogP contribution in [0.3, 0.4) is 0 Å². The quantitative estimate of drug-likeness (QED) is 0.530. The number of piperazine rings is 1. The maximum Gasteiger partial charge on any atom is 0.243 e. The summed E-state index contributed by atoms with van der Waals surface area (Å²) in [4.78, 5) is 15.4. The summed E-state index contributed by atoms with van der Waals surface area (Å²) in [6.45, 7) is 6.31. The lowest BCUT2D eigenvalue weighted by molar-refractivity contribution is 0.0901. The molecule has 2 saturated carbocycles. The maximum atomic E-state index is 13.1. The Hall–Kier alpha value is -2.16. The minimum atomic E-state index is -3.56. The van der Waals surface area contributed by atoms with Crippen molar-refractivity contribution in [1.82, 2.24) is 13.8 Å². The van der Waals surface area contributed by atoms with E-state index in [-0.39, 0.29) is 11.9 Å². The number of aryl methyl sites for hydroxylation is 1. The number of aromatic nitrogens is 1. The first-order valence-electron chi connectivity index (χ1n) is 12.5. The molecule has 0 unspecified atom stereocenters. The molecule has 0 N–H and O–H groups in total. The number of benzene rings is 1. The lowest BCUT2D eigenvalue weighted by atomic mass is 10.1. The smallest absolute Gasteiger partial charge is 0.243 e. The third kappa shape index (κ3) is 4.81. The van der Waals surface area contributed by atoms with Gasteiger partial charge >= 0.3 is 0 Å². The number of carbonyl (C=O) groups is 1. The Morgan fingerprint density at radius 2 is 1.62 bits per heavy atom. The molecule has 1 aromatic carbocycles. The van der Waals surface area contributed by atoms with Gasteiger partial charge in [-0.25, -0.2) is 8.42 Å². The van der Waals surface area contributed by atoms with Gasteiger partial charge in [0.1, 0.15) is 5.75 Å². The fourth-order valence-corrected chi connectivity index (χ4v) is 6.83. The summed E-state index contributed by atoms with van der Waals surface area (Å²) in [6.07, 6.45) is 7.16. The van der Waals surface area contributed by atoms with Crippen LogP contribution in [0.25, 0.3) is 0 Å². The standard InChI is InChI=1S/C26H35N3O4S/c1-19-17-25(20(2)29(19)21-7-8-21)26(30)18-27-13-15-28(16-14-27)34(31,32)24-11-9-23(10-12-24)33-22-5-3-4-6-22/h9-12,17,21-22H,3-8,13-16,18H2,1-2H3. The Labute approximate surface area is 202 Å². The van der Waals surface area contributed by atoms with Crippen LogP contribution in [0.4, 0.5) is 0 Å². The molecule has 1 saturated heterocycles. The van der Waals surface area contributed by atoms with E-state index in [1.165, 1.54) is 30.0 Å². The number of rotatable bonds is 8. The largest absolute Gasteiger partial charge is 0.490 e. The molecule has 2 heterocycles. The molecule has 1 aliphatic heterocycles. The Bertz CT molecular complexity index is 1140. The second kappa shape index (κ2) is 9.47. The Balaban J connectivity index is 1.17. The molecule has 0 spiro atoms. The molecular weight excluding hydrogens is 450 g/mol. The summed E-state index contributed by atoms with van der Waals surface area (Å²) >= 11 is 0. The van der Waals surface area contributed by atoms with Gasteiger partial charge in [-0.1, -0.05) is 0 Å². The highest BCUT2D eigenvalue weighted by Gasteiger charge is 2.31. The van der Waals surface area contributed by atoms with E-state index in [1.54, 1.807) is 24.3 Å². The molecule has 5 rings (SSSR count). The van der Waals surface area contributed by atoms with E-state index in [9.17, 15) is 13.2 Å². The first-order chi connectivity index (χ1) is 16.3. The first kappa shape index (κ1) is 23.6. The van der Waals surface area contributed by atoms with Gasteiger partial charge in [-0.05, 0) is 82.7 Å². The number of hydrogen-bond acceptors (Lipinski definition) is 5. The monoisotopic (exact) mass is 485 g/mol.